The van der Waals surface area contributed by atoms with Crippen molar-refractivity contribution >= 4 is 29.2 Å². The summed E-state index contributed by atoms with van der Waals surface area (Å²) in [6.07, 6.45) is -1.01. The minimum Gasteiger partial charge on any atom is -0.383 e. The van der Waals surface area contributed by atoms with Crippen molar-refractivity contribution in [2.75, 3.05) is 25.5 Å². The van der Waals surface area contributed by atoms with Crippen LogP contribution in [0.4, 0.5) is 10.5 Å². The van der Waals surface area contributed by atoms with E-state index in [2.05, 4.69) is 5.32 Å². The molecule has 0 spiro atoms. The molecule has 1 aromatic carbocycles. The largest absolute Gasteiger partial charge is 0.383 e. The van der Waals surface area contributed by atoms with Gasteiger partial charge in [0, 0.05) is 36.8 Å². The molecule has 2 heterocycles. The number of benzene rings is 1. The van der Waals surface area contributed by atoms with Crippen LogP contribution in [0.5, 0.6) is 0 Å². The fourth-order valence-corrected chi connectivity index (χ4v) is 3.31. The lowest BCUT2D eigenvalue weighted by molar-refractivity contribution is -0.135. The van der Waals surface area contributed by atoms with Crippen LogP contribution < -0.4 is 5.32 Å². The summed E-state index contributed by atoms with van der Waals surface area (Å²) in [4.78, 5) is 27.2. The Hall–Kier alpha value is -1.79. The number of nitrogens with one attached hydrogen (secondary N) is 1. The molecule has 2 aliphatic heterocycles. The van der Waals surface area contributed by atoms with E-state index in [-0.39, 0.29) is 23.9 Å². The highest BCUT2D eigenvalue weighted by Crippen LogP contribution is 2.32. The van der Waals surface area contributed by atoms with E-state index in [1.54, 1.807) is 24.1 Å². The van der Waals surface area contributed by atoms with E-state index in [1.165, 1.54) is 4.90 Å². The van der Waals surface area contributed by atoms with Crippen LogP contribution in [-0.2, 0) is 4.79 Å². The van der Waals surface area contributed by atoms with Crippen molar-refractivity contribution in [2.24, 2.45) is 5.92 Å². The third kappa shape index (κ3) is 2.42. The van der Waals surface area contributed by atoms with Crippen LogP contribution in [-0.4, -0.2) is 59.1 Å². The van der Waals surface area contributed by atoms with Crippen molar-refractivity contribution in [1.29, 1.82) is 0 Å². The SMILES string of the molecule is Cc1ccc(NC(=O)N2C[C@@H]3[C@H](O)C(=O)N(C)[C@@H]3C2)cc1Cl. The molecule has 1 aromatic rings. The van der Waals surface area contributed by atoms with Crippen LogP contribution >= 0.6 is 11.6 Å². The van der Waals surface area contributed by atoms with E-state index in [9.17, 15) is 14.7 Å². The van der Waals surface area contributed by atoms with Crippen molar-refractivity contribution in [2.45, 2.75) is 19.1 Å². The molecule has 6 nitrogen and oxygen atoms in total. The summed E-state index contributed by atoms with van der Waals surface area (Å²) in [6, 6.07) is 4.97. The van der Waals surface area contributed by atoms with Gasteiger partial charge in [-0.05, 0) is 24.6 Å². The predicted molar refractivity (Wildman–Crippen MR) is 82.8 cm³/mol. The second-order valence-corrected chi connectivity index (χ2v) is 6.33. The van der Waals surface area contributed by atoms with Gasteiger partial charge >= 0.3 is 6.03 Å². The zero-order chi connectivity index (χ0) is 16.0. The van der Waals surface area contributed by atoms with Gasteiger partial charge in [0.05, 0.1) is 6.04 Å². The summed E-state index contributed by atoms with van der Waals surface area (Å²) in [7, 11) is 1.66. The highest BCUT2D eigenvalue weighted by Gasteiger charge is 2.51. The number of likely N-dealkylation sites (tertiary alicyclic amines) is 2. The highest BCUT2D eigenvalue weighted by atomic mass is 35.5. The molecule has 3 amide bonds. The van der Waals surface area contributed by atoms with Gasteiger partial charge in [0.25, 0.3) is 5.91 Å². The lowest BCUT2D eigenvalue weighted by Gasteiger charge is -2.21. The maximum Gasteiger partial charge on any atom is 0.321 e. The fraction of sp³-hybridized carbons (Fsp3) is 0.467. The maximum absolute atomic E-state index is 12.3. The Morgan fingerprint density at radius 3 is 2.77 bits per heavy atom. The first-order valence-corrected chi connectivity index (χ1v) is 7.53. The second-order valence-electron chi connectivity index (χ2n) is 5.92. The Balaban J connectivity index is 1.67. The summed E-state index contributed by atoms with van der Waals surface area (Å²) in [6.45, 7) is 2.69. The number of aliphatic hydroxyl groups excluding tert-OH is 1. The minimum absolute atomic E-state index is 0.116. The van der Waals surface area contributed by atoms with Crippen LogP contribution in [0.3, 0.4) is 0 Å². The van der Waals surface area contributed by atoms with E-state index < -0.39 is 6.10 Å². The van der Waals surface area contributed by atoms with E-state index in [0.29, 0.717) is 23.8 Å². The van der Waals surface area contributed by atoms with Gasteiger partial charge in [-0.25, -0.2) is 4.79 Å². The quantitative estimate of drug-likeness (QED) is 0.818. The number of urea groups is 1. The molecule has 0 unspecified atom stereocenters. The number of aliphatic hydroxyl groups is 1. The average molecular weight is 324 g/mol. The fourth-order valence-electron chi connectivity index (χ4n) is 3.13. The van der Waals surface area contributed by atoms with E-state index in [4.69, 9.17) is 11.6 Å². The van der Waals surface area contributed by atoms with Gasteiger partial charge in [-0.3, -0.25) is 4.79 Å². The molecule has 22 heavy (non-hydrogen) atoms. The van der Waals surface area contributed by atoms with Crippen molar-refractivity contribution in [3.8, 4) is 0 Å². The highest BCUT2D eigenvalue weighted by molar-refractivity contribution is 6.31. The number of aryl methyl sites for hydroxylation is 1. The third-order valence-corrected chi connectivity index (χ3v) is 4.95. The Labute approximate surface area is 133 Å². The van der Waals surface area contributed by atoms with Crippen molar-refractivity contribution in [1.82, 2.24) is 9.80 Å². The van der Waals surface area contributed by atoms with Crippen molar-refractivity contribution in [3.63, 3.8) is 0 Å². The molecule has 3 atom stereocenters. The summed E-state index contributed by atoms with van der Waals surface area (Å²) in [5, 5.41) is 13.3. The summed E-state index contributed by atoms with van der Waals surface area (Å²) in [5.74, 6) is -0.481. The first kappa shape index (κ1) is 15.1. The van der Waals surface area contributed by atoms with Gasteiger partial charge in [-0.15, -0.1) is 0 Å². The van der Waals surface area contributed by atoms with Crippen molar-refractivity contribution in [3.05, 3.63) is 28.8 Å². The lowest BCUT2D eigenvalue weighted by atomic mass is 10.0. The Bertz CT molecular complexity index is 616. The number of carbonyl (C=O) groups excluding carboxylic acids is 2. The van der Waals surface area contributed by atoms with Crippen LogP contribution in [0.15, 0.2) is 18.2 Å². The van der Waals surface area contributed by atoms with Crippen LogP contribution in [0, 0.1) is 12.8 Å². The molecule has 3 rings (SSSR count). The molecule has 118 valence electrons. The van der Waals surface area contributed by atoms with Crippen LogP contribution in [0.2, 0.25) is 5.02 Å². The van der Waals surface area contributed by atoms with Crippen LogP contribution in [0.1, 0.15) is 5.56 Å². The second kappa shape index (κ2) is 5.44. The maximum atomic E-state index is 12.3. The number of anilines is 1. The molecular weight excluding hydrogens is 306 g/mol. The van der Waals surface area contributed by atoms with Gasteiger partial charge in [0.1, 0.15) is 6.10 Å². The molecule has 0 bridgehead atoms. The minimum atomic E-state index is -1.01. The normalized spacial score (nSPS) is 27.3. The van der Waals surface area contributed by atoms with Gasteiger partial charge in [0.2, 0.25) is 0 Å². The topological polar surface area (TPSA) is 72.9 Å². The summed E-state index contributed by atoms with van der Waals surface area (Å²) in [5.41, 5.74) is 1.57. The van der Waals surface area contributed by atoms with E-state index in [1.807, 2.05) is 13.0 Å². The summed E-state index contributed by atoms with van der Waals surface area (Å²) >= 11 is 6.05. The Morgan fingerprint density at radius 1 is 1.41 bits per heavy atom. The number of amides is 3. The van der Waals surface area contributed by atoms with Gasteiger partial charge in [-0.1, -0.05) is 17.7 Å². The number of nitrogens with zero attached hydrogens (tertiary/aromatic N) is 2. The molecule has 2 fully saturated rings. The molecule has 2 saturated heterocycles. The number of likely N-dealkylation sites (N-methyl/N-ethyl adjacent to an activating group) is 1. The first-order chi connectivity index (χ1) is 10.4. The number of hydrogen-bond acceptors (Lipinski definition) is 3. The number of halogens is 1. The molecule has 7 heteroatoms. The molecule has 2 aliphatic rings. The predicted octanol–water partition coefficient (Wildman–Crippen LogP) is 1.31. The zero-order valence-corrected chi connectivity index (χ0v) is 13.2. The molecular formula is C15H18ClN3O3. The molecule has 0 radical (unpaired) electrons. The van der Waals surface area contributed by atoms with E-state index in [0.717, 1.165) is 5.56 Å². The Kier molecular flexibility index (Phi) is 3.74. The van der Waals surface area contributed by atoms with Gasteiger partial charge < -0.3 is 20.2 Å². The van der Waals surface area contributed by atoms with Gasteiger partial charge in [-0.2, -0.15) is 0 Å². The first-order valence-electron chi connectivity index (χ1n) is 7.15. The summed E-state index contributed by atoms with van der Waals surface area (Å²) < 4.78 is 0. The molecule has 0 aromatic heterocycles. The zero-order valence-electron chi connectivity index (χ0n) is 12.4. The third-order valence-electron chi connectivity index (χ3n) is 4.55. The standard InChI is InChI=1S/C15H18ClN3O3/c1-8-3-4-9(5-11(8)16)17-15(22)19-6-10-12(7-19)18(2)14(21)13(10)20/h3-5,10,12-13,20H,6-7H2,1-2H3,(H,17,22)/t10-,12+,13-/m0/s1. The van der Waals surface area contributed by atoms with Crippen molar-refractivity contribution < 1.29 is 14.7 Å². The number of hydrogen-bond donors (Lipinski definition) is 2. The Morgan fingerprint density at radius 2 is 2.14 bits per heavy atom. The smallest absolute Gasteiger partial charge is 0.321 e. The monoisotopic (exact) mass is 323 g/mol. The molecule has 0 saturated carbocycles. The lowest BCUT2D eigenvalue weighted by Crippen LogP contribution is -2.40. The molecule has 2 N–H and O–H groups in total. The molecule has 0 aliphatic carbocycles. The number of fused-ring (bicyclic) bond motifs is 1. The average Bonchev–Trinajstić information content (AvgIpc) is 3.00. The number of carbonyl (C=O) groups is 2. The van der Waals surface area contributed by atoms with Crippen LogP contribution in [0.25, 0.3) is 0 Å². The van der Waals surface area contributed by atoms with Gasteiger partial charge in [0.15, 0.2) is 0 Å². The number of rotatable bonds is 1. The van der Waals surface area contributed by atoms with E-state index >= 15 is 0 Å².